The van der Waals surface area contributed by atoms with E-state index in [4.69, 9.17) is 20.7 Å². The molecule has 41 heavy (non-hydrogen) atoms. The van der Waals surface area contributed by atoms with Crippen LogP contribution < -0.4 is 16.4 Å². The normalized spacial score (nSPS) is 22.7. The fourth-order valence-electron chi connectivity index (χ4n) is 6.17. The van der Waals surface area contributed by atoms with Crippen molar-refractivity contribution < 1.29 is 8.42 Å². The molecule has 0 atom stereocenters. The van der Waals surface area contributed by atoms with Crippen molar-refractivity contribution in [3.05, 3.63) is 34.2 Å². The highest BCUT2D eigenvalue weighted by atomic mass is 127. The van der Waals surface area contributed by atoms with Crippen molar-refractivity contribution in [1.82, 2.24) is 23.8 Å². The van der Waals surface area contributed by atoms with E-state index in [-0.39, 0.29) is 36.9 Å². The van der Waals surface area contributed by atoms with Crippen LogP contribution in [-0.4, -0.2) is 63.5 Å². The van der Waals surface area contributed by atoms with E-state index >= 15 is 0 Å². The van der Waals surface area contributed by atoms with E-state index in [0.29, 0.717) is 48.9 Å². The summed E-state index contributed by atoms with van der Waals surface area (Å²) in [5.74, 6) is 1.36. The third kappa shape index (κ3) is 7.20. The van der Waals surface area contributed by atoms with Gasteiger partial charge in [0.25, 0.3) is 0 Å². The van der Waals surface area contributed by atoms with E-state index in [0.717, 1.165) is 59.1 Å². The van der Waals surface area contributed by atoms with Gasteiger partial charge in [-0.3, -0.25) is 0 Å². The largest absolute Gasteiger partial charge is 0.365 e. The first-order valence-corrected chi connectivity index (χ1v) is 16.7. The van der Waals surface area contributed by atoms with E-state index in [1.165, 1.54) is 12.8 Å². The van der Waals surface area contributed by atoms with E-state index in [2.05, 4.69) is 37.8 Å². The van der Waals surface area contributed by atoms with Crippen LogP contribution in [0.4, 0.5) is 11.8 Å². The van der Waals surface area contributed by atoms with Crippen molar-refractivity contribution in [3.8, 4) is 0 Å². The SMILES string of the molecule is Cl.Cl.N[C@H]1CC[C@H](Nc2nc(NC3CCN(S(=O)(=O)c4ccc(I)cc4)CC3)c3ncn(C4CCCC4)c3n2)CC1. The molecule has 1 aromatic carbocycles. The Hall–Kier alpha value is -1.45. The molecule has 0 spiro atoms. The van der Waals surface area contributed by atoms with Gasteiger partial charge in [0.1, 0.15) is 0 Å². The van der Waals surface area contributed by atoms with Gasteiger partial charge in [-0.2, -0.15) is 14.3 Å². The lowest BCUT2D eigenvalue weighted by molar-refractivity contribution is 0.329. The molecule has 3 heterocycles. The molecule has 3 fully saturated rings. The van der Waals surface area contributed by atoms with Gasteiger partial charge in [-0.1, -0.05) is 12.8 Å². The fraction of sp³-hybridized carbons (Fsp3) is 0.593. The molecule has 3 aliphatic rings. The first-order valence-electron chi connectivity index (χ1n) is 14.2. The summed E-state index contributed by atoms with van der Waals surface area (Å²) in [5, 5.41) is 7.20. The molecule has 1 saturated heterocycles. The predicted octanol–water partition coefficient (Wildman–Crippen LogP) is 5.34. The van der Waals surface area contributed by atoms with Crippen molar-refractivity contribution in [2.75, 3.05) is 23.7 Å². The number of hydrogen-bond donors (Lipinski definition) is 3. The molecule has 0 unspecified atom stereocenters. The maximum absolute atomic E-state index is 13.2. The molecule has 14 heteroatoms. The summed E-state index contributed by atoms with van der Waals surface area (Å²) < 4.78 is 31.2. The lowest BCUT2D eigenvalue weighted by atomic mass is 9.92. The number of rotatable bonds is 7. The number of benzene rings is 1. The van der Waals surface area contributed by atoms with Gasteiger partial charge in [-0.25, -0.2) is 13.4 Å². The second-order valence-corrected chi connectivity index (χ2v) is 14.4. The van der Waals surface area contributed by atoms with E-state index < -0.39 is 10.0 Å². The van der Waals surface area contributed by atoms with E-state index in [9.17, 15) is 8.42 Å². The van der Waals surface area contributed by atoms with Crippen LogP contribution in [0.5, 0.6) is 0 Å². The number of anilines is 2. The highest BCUT2D eigenvalue weighted by molar-refractivity contribution is 14.1. The number of nitrogens with two attached hydrogens (primary N) is 1. The van der Waals surface area contributed by atoms with Crippen LogP contribution in [0.1, 0.15) is 70.3 Å². The molecule has 2 aliphatic carbocycles. The van der Waals surface area contributed by atoms with Crippen molar-refractivity contribution >= 4 is 80.4 Å². The number of sulfonamides is 1. The molecule has 2 aromatic heterocycles. The van der Waals surface area contributed by atoms with Crippen LogP contribution in [0, 0.1) is 3.57 Å². The molecule has 0 radical (unpaired) electrons. The zero-order chi connectivity index (χ0) is 27.0. The number of nitrogens with one attached hydrogen (secondary N) is 2. The van der Waals surface area contributed by atoms with Crippen LogP contribution in [0.3, 0.4) is 0 Å². The Morgan fingerprint density at radius 2 is 1.49 bits per heavy atom. The number of aromatic nitrogens is 4. The average Bonchev–Trinajstić information content (AvgIpc) is 3.61. The second-order valence-electron chi connectivity index (χ2n) is 11.2. The van der Waals surface area contributed by atoms with E-state index in [1.54, 1.807) is 16.4 Å². The molecule has 4 N–H and O–H groups in total. The molecule has 3 aromatic rings. The monoisotopic (exact) mass is 736 g/mol. The molecule has 10 nitrogen and oxygen atoms in total. The number of piperidine rings is 1. The summed E-state index contributed by atoms with van der Waals surface area (Å²) in [4.78, 5) is 15.0. The van der Waals surface area contributed by atoms with Gasteiger partial charge in [0.15, 0.2) is 17.0 Å². The lowest BCUT2D eigenvalue weighted by Gasteiger charge is -2.32. The predicted molar refractivity (Wildman–Crippen MR) is 176 cm³/mol. The Morgan fingerprint density at radius 3 is 2.15 bits per heavy atom. The van der Waals surface area contributed by atoms with Crippen LogP contribution in [0.2, 0.25) is 0 Å². The molecular formula is C27H39Cl2IN8O2S. The van der Waals surface area contributed by atoms with E-state index in [1.807, 2.05) is 18.5 Å². The molecule has 1 aliphatic heterocycles. The van der Waals surface area contributed by atoms with Gasteiger partial charge in [-0.15, -0.1) is 24.8 Å². The summed E-state index contributed by atoms with van der Waals surface area (Å²) >= 11 is 2.19. The second kappa shape index (κ2) is 13.9. The minimum Gasteiger partial charge on any atom is -0.365 e. The third-order valence-corrected chi connectivity index (χ3v) is 11.1. The summed E-state index contributed by atoms with van der Waals surface area (Å²) in [6.45, 7) is 0.925. The van der Waals surface area contributed by atoms with Crippen LogP contribution in [0.25, 0.3) is 11.2 Å². The number of fused-ring (bicyclic) bond motifs is 1. The maximum Gasteiger partial charge on any atom is 0.243 e. The van der Waals surface area contributed by atoms with Crippen molar-refractivity contribution in [1.29, 1.82) is 0 Å². The Morgan fingerprint density at radius 1 is 0.854 bits per heavy atom. The van der Waals surface area contributed by atoms with Crippen molar-refractivity contribution in [2.24, 2.45) is 5.73 Å². The first kappa shape index (κ1) is 32.5. The Balaban J connectivity index is 0.00000194. The highest BCUT2D eigenvalue weighted by Gasteiger charge is 2.31. The molecule has 0 bridgehead atoms. The van der Waals surface area contributed by atoms with Crippen molar-refractivity contribution in [2.45, 2.75) is 93.3 Å². The summed E-state index contributed by atoms with van der Waals surface area (Å²) in [6, 6.07) is 8.17. The minimum absolute atomic E-state index is 0. The smallest absolute Gasteiger partial charge is 0.243 e. The quantitative estimate of drug-likeness (QED) is 0.278. The Kier molecular flexibility index (Phi) is 11.0. The molecule has 6 rings (SSSR count). The summed E-state index contributed by atoms with van der Waals surface area (Å²) in [6.07, 6.45) is 12.1. The van der Waals surface area contributed by atoms with Gasteiger partial charge in [0, 0.05) is 40.8 Å². The number of imidazole rings is 1. The molecule has 2 saturated carbocycles. The number of nitrogens with zero attached hydrogens (tertiary/aromatic N) is 5. The standard InChI is InChI=1S/C27H37IN8O2S.2ClH/c28-18-5-11-23(12-6-18)39(37,38)35-15-13-21(14-16-35)31-25-24-26(36(17-30-24)22-3-1-2-4-22)34-27(33-25)32-20-9-7-19(29)8-10-20;;/h5-6,11-12,17,19-22H,1-4,7-10,13-16,29H2,(H2,31,32,33,34);2*1H/t19-,20-;;. The third-order valence-electron chi connectivity index (χ3n) is 8.49. The molecule has 226 valence electrons. The van der Waals surface area contributed by atoms with Gasteiger partial charge < -0.3 is 20.9 Å². The Labute approximate surface area is 268 Å². The van der Waals surface area contributed by atoms with Crippen LogP contribution in [-0.2, 0) is 10.0 Å². The Bertz CT molecular complexity index is 1400. The topological polar surface area (TPSA) is 131 Å². The van der Waals surface area contributed by atoms with Gasteiger partial charge in [0.2, 0.25) is 16.0 Å². The minimum atomic E-state index is -3.50. The molecular weight excluding hydrogens is 698 g/mol. The zero-order valence-electron chi connectivity index (χ0n) is 22.9. The summed E-state index contributed by atoms with van der Waals surface area (Å²) in [5.41, 5.74) is 7.78. The van der Waals surface area contributed by atoms with Gasteiger partial charge in [-0.05, 0) is 98.2 Å². The highest BCUT2D eigenvalue weighted by Crippen LogP contribution is 2.34. The molecule has 0 amide bonds. The van der Waals surface area contributed by atoms with Crippen LogP contribution in [0.15, 0.2) is 35.5 Å². The maximum atomic E-state index is 13.2. The lowest BCUT2D eigenvalue weighted by Crippen LogP contribution is -2.42. The first-order chi connectivity index (χ1) is 18.9. The summed E-state index contributed by atoms with van der Waals surface area (Å²) in [7, 11) is -3.50. The fourth-order valence-corrected chi connectivity index (χ4v) is 8.00. The van der Waals surface area contributed by atoms with Gasteiger partial charge in [0.05, 0.1) is 11.2 Å². The van der Waals surface area contributed by atoms with Crippen molar-refractivity contribution in [3.63, 3.8) is 0 Å². The average molecular weight is 738 g/mol. The van der Waals surface area contributed by atoms with Gasteiger partial charge >= 0.3 is 0 Å². The van der Waals surface area contributed by atoms with Crippen LogP contribution >= 0.6 is 47.4 Å². The number of halogens is 3. The number of hydrogen-bond acceptors (Lipinski definition) is 8. The zero-order valence-corrected chi connectivity index (χ0v) is 27.5.